The summed E-state index contributed by atoms with van der Waals surface area (Å²) < 4.78 is 16.2. The molecule has 0 radical (unpaired) electrons. The number of ketones is 1. The van der Waals surface area contributed by atoms with Crippen molar-refractivity contribution in [2.75, 3.05) is 19.1 Å². The number of anilines is 1. The van der Waals surface area contributed by atoms with Crippen molar-refractivity contribution in [2.24, 2.45) is 5.73 Å². The van der Waals surface area contributed by atoms with E-state index >= 15 is 0 Å². The highest BCUT2D eigenvalue weighted by Gasteiger charge is 2.44. The van der Waals surface area contributed by atoms with E-state index in [4.69, 9.17) is 19.9 Å². The molecule has 1 unspecified atom stereocenters. The summed E-state index contributed by atoms with van der Waals surface area (Å²) in [5.74, 6) is -4.38. The van der Waals surface area contributed by atoms with Crippen LogP contribution in [0.5, 0.6) is 11.5 Å². The van der Waals surface area contributed by atoms with Gasteiger partial charge in [0.05, 0.1) is 42.9 Å². The highest BCUT2D eigenvalue weighted by atomic mass is 16.5. The number of nitrogens with zero attached hydrogens (tertiary/aromatic N) is 2. The molecule has 0 aromatic heterocycles. The molecule has 4 rings (SSSR count). The first-order valence-electron chi connectivity index (χ1n) is 12.4. The van der Waals surface area contributed by atoms with Crippen LogP contribution in [0.4, 0.5) is 5.69 Å². The van der Waals surface area contributed by atoms with Crippen LogP contribution in [-0.2, 0) is 25.7 Å². The molecule has 3 aromatic rings. The van der Waals surface area contributed by atoms with Crippen LogP contribution in [0.15, 0.2) is 95.5 Å². The Morgan fingerprint density at radius 2 is 1.56 bits per heavy atom. The number of carbonyl (C=O) groups is 3. The molecule has 0 saturated carbocycles. The van der Waals surface area contributed by atoms with Crippen molar-refractivity contribution in [3.8, 4) is 17.6 Å². The lowest BCUT2D eigenvalue weighted by atomic mass is 9.80. The number of nitriles is 1. The zero-order valence-corrected chi connectivity index (χ0v) is 22.6. The third kappa shape index (κ3) is 5.33. The van der Waals surface area contributed by atoms with Gasteiger partial charge in [0.25, 0.3) is 0 Å². The molecule has 1 atom stereocenters. The van der Waals surface area contributed by atoms with Crippen molar-refractivity contribution in [3.63, 3.8) is 0 Å². The third-order valence-corrected chi connectivity index (χ3v) is 6.56. The van der Waals surface area contributed by atoms with Gasteiger partial charge in [0.2, 0.25) is 0 Å². The minimum absolute atomic E-state index is 0.0142. The minimum atomic E-state index is -1.11. The van der Waals surface area contributed by atoms with Gasteiger partial charge in [0.15, 0.2) is 11.5 Å². The number of phenolic OH excluding ortho intramolecular Hbond substituents is 1. The maximum atomic E-state index is 13.4. The number of benzene rings is 3. The molecule has 208 valence electrons. The fraction of sp³-hybridized carbons (Fsp3) is 0.161. The maximum Gasteiger partial charge on any atom is 0.355 e. The molecule has 1 heterocycles. The Hall–Kier alpha value is -5.56. The van der Waals surface area contributed by atoms with Gasteiger partial charge in [-0.2, -0.15) is 5.26 Å². The maximum absolute atomic E-state index is 13.4. The Morgan fingerprint density at radius 1 is 0.951 bits per heavy atom. The number of methoxy groups -OCH3 is 2. The fourth-order valence-corrected chi connectivity index (χ4v) is 4.66. The first-order chi connectivity index (χ1) is 19.7. The summed E-state index contributed by atoms with van der Waals surface area (Å²) in [4.78, 5) is 40.2. The molecule has 10 nitrogen and oxygen atoms in total. The predicted octanol–water partition coefficient (Wildman–Crippen LogP) is 4.07. The SMILES string of the molecule is COC(=O)C1=C(C(=O)OC)N(c2c(OCc3ccccc3)ccc(C(C)=O)c2O)C(N)=C(C#N)C1c1ccccc1. The summed E-state index contributed by atoms with van der Waals surface area (Å²) in [7, 11) is 2.24. The van der Waals surface area contributed by atoms with Crippen molar-refractivity contribution < 1.29 is 33.7 Å². The number of rotatable bonds is 8. The number of Topliss-reactive ketones (excluding diaryl/α,β-unsaturated/α-hetero) is 1. The van der Waals surface area contributed by atoms with Crippen LogP contribution < -0.4 is 15.4 Å². The van der Waals surface area contributed by atoms with E-state index in [2.05, 4.69) is 6.07 Å². The molecule has 41 heavy (non-hydrogen) atoms. The lowest BCUT2D eigenvalue weighted by Crippen LogP contribution is -2.41. The first kappa shape index (κ1) is 28.4. The average Bonchev–Trinajstić information content (AvgIpc) is 2.99. The van der Waals surface area contributed by atoms with Crippen LogP contribution in [0.25, 0.3) is 0 Å². The highest BCUT2D eigenvalue weighted by Crippen LogP contribution is 2.49. The summed E-state index contributed by atoms with van der Waals surface area (Å²) in [6, 6.07) is 22.5. The van der Waals surface area contributed by atoms with Gasteiger partial charge in [-0.3, -0.25) is 9.69 Å². The number of ether oxygens (including phenoxy) is 3. The monoisotopic (exact) mass is 553 g/mol. The summed E-state index contributed by atoms with van der Waals surface area (Å²) >= 11 is 0. The Balaban J connectivity index is 2.07. The van der Waals surface area contributed by atoms with Crippen LogP contribution in [0.1, 0.15) is 34.3 Å². The van der Waals surface area contributed by atoms with Crippen molar-refractivity contribution in [1.82, 2.24) is 0 Å². The summed E-state index contributed by atoms with van der Waals surface area (Å²) in [6.45, 7) is 1.30. The topological polar surface area (TPSA) is 152 Å². The molecule has 0 amide bonds. The lowest BCUT2D eigenvalue weighted by Gasteiger charge is -2.36. The molecule has 0 fully saturated rings. The van der Waals surface area contributed by atoms with E-state index in [1.165, 1.54) is 19.1 Å². The molecule has 3 N–H and O–H groups in total. The minimum Gasteiger partial charge on any atom is -0.505 e. The molecule has 3 aromatic carbocycles. The van der Waals surface area contributed by atoms with Gasteiger partial charge in [0.1, 0.15) is 29.6 Å². The third-order valence-electron chi connectivity index (χ3n) is 6.56. The predicted molar refractivity (Wildman–Crippen MR) is 148 cm³/mol. The van der Waals surface area contributed by atoms with Crippen molar-refractivity contribution in [2.45, 2.75) is 19.4 Å². The smallest absolute Gasteiger partial charge is 0.355 e. The van der Waals surface area contributed by atoms with E-state index in [0.29, 0.717) is 5.56 Å². The van der Waals surface area contributed by atoms with Crippen LogP contribution in [0.3, 0.4) is 0 Å². The van der Waals surface area contributed by atoms with E-state index in [-0.39, 0.29) is 40.6 Å². The number of esters is 2. The number of phenols is 1. The molecule has 0 aliphatic carbocycles. The molecular formula is C31H27N3O7. The van der Waals surface area contributed by atoms with Crippen LogP contribution in [0, 0.1) is 11.3 Å². The van der Waals surface area contributed by atoms with Crippen molar-refractivity contribution in [1.29, 1.82) is 5.26 Å². The van der Waals surface area contributed by atoms with Gasteiger partial charge in [-0.05, 0) is 30.2 Å². The number of hydrogen-bond acceptors (Lipinski definition) is 10. The first-order valence-corrected chi connectivity index (χ1v) is 12.4. The fourth-order valence-electron chi connectivity index (χ4n) is 4.66. The second-order valence-corrected chi connectivity index (χ2v) is 8.97. The van der Waals surface area contributed by atoms with Gasteiger partial charge in [-0.15, -0.1) is 0 Å². The van der Waals surface area contributed by atoms with Gasteiger partial charge < -0.3 is 25.1 Å². The Morgan fingerprint density at radius 3 is 2.12 bits per heavy atom. The Bertz CT molecular complexity index is 1610. The highest BCUT2D eigenvalue weighted by molar-refractivity contribution is 6.08. The van der Waals surface area contributed by atoms with Gasteiger partial charge in [-0.25, -0.2) is 9.59 Å². The van der Waals surface area contributed by atoms with Crippen molar-refractivity contribution >= 4 is 23.4 Å². The van der Waals surface area contributed by atoms with E-state index < -0.39 is 35.1 Å². The normalized spacial score (nSPS) is 14.8. The Labute approximate surface area is 236 Å². The van der Waals surface area contributed by atoms with Crippen molar-refractivity contribution in [3.05, 3.63) is 112 Å². The van der Waals surface area contributed by atoms with E-state index in [0.717, 1.165) is 24.7 Å². The molecule has 1 aliphatic rings. The van der Waals surface area contributed by atoms with Crippen LogP contribution in [-0.4, -0.2) is 37.0 Å². The molecule has 0 bridgehead atoms. The number of carbonyl (C=O) groups excluding carboxylic acids is 3. The summed E-state index contributed by atoms with van der Waals surface area (Å²) in [6.07, 6.45) is 0. The second-order valence-electron chi connectivity index (χ2n) is 8.97. The van der Waals surface area contributed by atoms with E-state index in [1.54, 1.807) is 30.3 Å². The standard InChI is InChI=1S/C31H27N3O7/c1-18(35)21-14-15-23(41-17-19-10-6-4-7-11-19)26(28(21)36)34-27(31(38)40-3)25(30(37)39-2)24(22(16-32)29(34)33)20-12-8-5-9-13-20/h4-15,24,36H,17,33H2,1-3H3. The van der Waals surface area contributed by atoms with Crippen LogP contribution >= 0.6 is 0 Å². The summed E-state index contributed by atoms with van der Waals surface area (Å²) in [5.41, 5.74) is 6.76. The quantitative estimate of drug-likeness (QED) is 0.308. The zero-order valence-electron chi connectivity index (χ0n) is 22.6. The largest absolute Gasteiger partial charge is 0.505 e. The van der Waals surface area contributed by atoms with E-state index in [9.17, 15) is 24.8 Å². The van der Waals surface area contributed by atoms with E-state index in [1.807, 2.05) is 30.3 Å². The van der Waals surface area contributed by atoms with Gasteiger partial charge in [0, 0.05) is 0 Å². The van der Waals surface area contributed by atoms with Gasteiger partial charge >= 0.3 is 11.9 Å². The number of nitrogens with two attached hydrogens (primary N) is 1. The average molecular weight is 554 g/mol. The zero-order chi connectivity index (χ0) is 29.7. The molecule has 0 spiro atoms. The second kappa shape index (κ2) is 12.1. The number of allylic oxidation sites excluding steroid dienone is 1. The summed E-state index contributed by atoms with van der Waals surface area (Å²) in [5, 5.41) is 21.7. The number of hydrogen-bond donors (Lipinski definition) is 2. The Kier molecular flexibility index (Phi) is 8.39. The molecule has 0 saturated heterocycles. The van der Waals surface area contributed by atoms with Crippen LogP contribution in [0.2, 0.25) is 0 Å². The molecule has 1 aliphatic heterocycles. The molecular weight excluding hydrogens is 526 g/mol. The lowest BCUT2D eigenvalue weighted by molar-refractivity contribution is -0.139. The number of aromatic hydroxyl groups is 1. The molecule has 10 heteroatoms. The van der Waals surface area contributed by atoms with Gasteiger partial charge in [-0.1, -0.05) is 60.7 Å².